The first kappa shape index (κ1) is 12.2. The van der Waals surface area contributed by atoms with Crippen molar-refractivity contribution in [2.75, 3.05) is 4.43 Å². The van der Waals surface area contributed by atoms with E-state index in [1.165, 1.54) is 0 Å². The molecule has 2 unspecified atom stereocenters. The van der Waals surface area contributed by atoms with E-state index in [0.717, 1.165) is 0 Å². The van der Waals surface area contributed by atoms with Gasteiger partial charge in [-0.1, -0.05) is 43.4 Å². The maximum atomic E-state index is 10.8. The number of halogens is 1. The van der Waals surface area contributed by atoms with E-state index in [9.17, 15) is 9.90 Å². The van der Waals surface area contributed by atoms with Gasteiger partial charge in [-0.05, 0) is 5.41 Å². The Labute approximate surface area is 86.3 Å². The zero-order chi connectivity index (χ0) is 9.94. The van der Waals surface area contributed by atoms with Crippen LogP contribution in [0.4, 0.5) is 0 Å². The van der Waals surface area contributed by atoms with Crippen LogP contribution >= 0.6 is 22.6 Å². The predicted molar refractivity (Wildman–Crippen MR) is 55.5 cm³/mol. The molecule has 0 amide bonds. The molecule has 72 valence electrons. The van der Waals surface area contributed by atoms with E-state index in [1.807, 2.05) is 43.4 Å². The van der Waals surface area contributed by atoms with Crippen molar-refractivity contribution < 1.29 is 15.0 Å². The average molecular weight is 286 g/mol. The summed E-state index contributed by atoms with van der Waals surface area (Å²) >= 11 is 1.99. The number of rotatable bonds is 3. The van der Waals surface area contributed by atoms with Crippen LogP contribution in [0.3, 0.4) is 0 Å². The molecular formula is C8H15IO3. The second-order valence-electron chi connectivity index (χ2n) is 3.90. The van der Waals surface area contributed by atoms with Crippen LogP contribution in [0.15, 0.2) is 0 Å². The molecule has 0 aliphatic rings. The highest BCUT2D eigenvalue weighted by Gasteiger charge is 2.36. The minimum atomic E-state index is -0.924. The number of hydrogen-bond donors (Lipinski definition) is 2. The van der Waals surface area contributed by atoms with E-state index in [2.05, 4.69) is 0 Å². The molecule has 0 saturated carbocycles. The van der Waals surface area contributed by atoms with E-state index >= 15 is 0 Å². The lowest BCUT2D eigenvalue weighted by Crippen LogP contribution is -2.39. The molecule has 4 heteroatoms. The molecule has 0 rings (SSSR count). The Morgan fingerprint density at radius 3 is 2.00 bits per heavy atom. The molecule has 0 radical (unpaired) electrons. The van der Waals surface area contributed by atoms with Crippen LogP contribution in [0.1, 0.15) is 20.8 Å². The number of alkyl halides is 1. The van der Waals surface area contributed by atoms with Gasteiger partial charge in [-0.25, -0.2) is 0 Å². The third-order valence-electron chi connectivity index (χ3n) is 1.74. The normalized spacial score (nSPS) is 17.1. The van der Waals surface area contributed by atoms with Crippen LogP contribution in [0.25, 0.3) is 0 Å². The fourth-order valence-corrected chi connectivity index (χ4v) is 1.71. The fourth-order valence-electron chi connectivity index (χ4n) is 1.20. The SMILES string of the molecule is CC(C)(C)C(C(=O)O)C(O)CI. The molecule has 0 fully saturated rings. The Morgan fingerprint density at radius 2 is 1.92 bits per heavy atom. The molecule has 0 saturated heterocycles. The van der Waals surface area contributed by atoms with Gasteiger partial charge in [0, 0.05) is 4.43 Å². The van der Waals surface area contributed by atoms with Crippen LogP contribution in [-0.4, -0.2) is 26.7 Å². The van der Waals surface area contributed by atoms with Gasteiger partial charge in [-0.3, -0.25) is 4.79 Å². The van der Waals surface area contributed by atoms with Crippen molar-refractivity contribution in [1.29, 1.82) is 0 Å². The minimum absolute atomic E-state index is 0.392. The monoisotopic (exact) mass is 286 g/mol. The second kappa shape index (κ2) is 4.41. The highest BCUT2D eigenvalue weighted by atomic mass is 127. The zero-order valence-corrected chi connectivity index (χ0v) is 9.70. The van der Waals surface area contributed by atoms with Gasteiger partial charge < -0.3 is 10.2 Å². The van der Waals surface area contributed by atoms with Crippen molar-refractivity contribution in [3.05, 3.63) is 0 Å². The maximum Gasteiger partial charge on any atom is 0.309 e. The smallest absolute Gasteiger partial charge is 0.309 e. The van der Waals surface area contributed by atoms with Crippen molar-refractivity contribution in [2.24, 2.45) is 11.3 Å². The van der Waals surface area contributed by atoms with E-state index < -0.39 is 23.4 Å². The first-order valence-corrected chi connectivity index (χ1v) is 5.30. The van der Waals surface area contributed by atoms with Gasteiger partial charge in [0.2, 0.25) is 0 Å². The quantitative estimate of drug-likeness (QED) is 0.611. The summed E-state index contributed by atoms with van der Waals surface area (Å²) in [4.78, 5) is 10.8. The molecule has 0 bridgehead atoms. The summed E-state index contributed by atoms with van der Waals surface area (Å²) in [5.41, 5.74) is -0.392. The van der Waals surface area contributed by atoms with Gasteiger partial charge >= 0.3 is 5.97 Å². The Hall–Kier alpha value is 0.160. The number of aliphatic carboxylic acids is 1. The summed E-state index contributed by atoms with van der Waals surface area (Å²) in [5, 5.41) is 18.3. The largest absolute Gasteiger partial charge is 0.481 e. The number of carboxylic acid groups (broad SMARTS) is 1. The molecule has 12 heavy (non-hydrogen) atoms. The molecular weight excluding hydrogens is 271 g/mol. The lowest BCUT2D eigenvalue weighted by molar-refractivity contribution is -0.150. The molecule has 0 aliphatic carbocycles. The standard InChI is InChI=1S/C8H15IO3/c1-8(2,3)6(7(11)12)5(10)4-9/h5-6,10H,4H2,1-3H3,(H,11,12). The number of aliphatic hydroxyl groups is 1. The molecule has 0 aromatic heterocycles. The van der Waals surface area contributed by atoms with E-state index in [0.29, 0.717) is 4.43 Å². The lowest BCUT2D eigenvalue weighted by Gasteiger charge is -2.29. The van der Waals surface area contributed by atoms with Gasteiger partial charge in [-0.15, -0.1) is 0 Å². The van der Waals surface area contributed by atoms with Gasteiger partial charge in [0.15, 0.2) is 0 Å². The fraction of sp³-hybridized carbons (Fsp3) is 0.875. The summed E-state index contributed by atoms with van der Waals surface area (Å²) in [6, 6.07) is 0. The van der Waals surface area contributed by atoms with Crippen molar-refractivity contribution in [2.45, 2.75) is 26.9 Å². The van der Waals surface area contributed by atoms with Gasteiger partial charge in [-0.2, -0.15) is 0 Å². The molecule has 2 atom stereocenters. The number of hydrogen-bond acceptors (Lipinski definition) is 2. The van der Waals surface area contributed by atoms with Crippen molar-refractivity contribution in [1.82, 2.24) is 0 Å². The molecule has 0 aliphatic heterocycles. The first-order chi connectivity index (χ1) is 5.30. The molecule has 0 spiro atoms. The highest BCUT2D eigenvalue weighted by Crippen LogP contribution is 2.29. The van der Waals surface area contributed by atoms with Crippen molar-refractivity contribution in [3.63, 3.8) is 0 Å². The number of carbonyl (C=O) groups is 1. The summed E-state index contributed by atoms with van der Waals surface area (Å²) in [7, 11) is 0. The average Bonchev–Trinajstić information content (AvgIpc) is 1.83. The Balaban J connectivity index is 4.56. The van der Waals surface area contributed by atoms with Crippen molar-refractivity contribution >= 4 is 28.6 Å². The van der Waals surface area contributed by atoms with Crippen LogP contribution < -0.4 is 0 Å². The van der Waals surface area contributed by atoms with Gasteiger partial charge in [0.25, 0.3) is 0 Å². The van der Waals surface area contributed by atoms with E-state index in [1.54, 1.807) is 0 Å². The summed E-state index contributed by atoms with van der Waals surface area (Å²) in [6.45, 7) is 5.46. The molecule has 0 aromatic rings. The maximum absolute atomic E-state index is 10.8. The van der Waals surface area contributed by atoms with Crippen molar-refractivity contribution in [3.8, 4) is 0 Å². The molecule has 2 N–H and O–H groups in total. The third kappa shape index (κ3) is 3.26. The Kier molecular flexibility index (Phi) is 4.47. The Morgan fingerprint density at radius 1 is 1.50 bits per heavy atom. The van der Waals surface area contributed by atoms with Crippen LogP contribution in [0, 0.1) is 11.3 Å². The van der Waals surface area contributed by atoms with E-state index in [4.69, 9.17) is 5.11 Å². The van der Waals surface area contributed by atoms with E-state index in [-0.39, 0.29) is 0 Å². The summed E-state index contributed by atoms with van der Waals surface area (Å²) < 4.78 is 0.450. The van der Waals surface area contributed by atoms with Crippen LogP contribution in [0.5, 0.6) is 0 Å². The zero-order valence-electron chi connectivity index (χ0n) is 7.54. The first-order valence-electron chi connectivity index (χ1n) is 3.77. The molecule has 3 nitrogen and oxygen atoms in total. The molecule has 0 aromatic carbocycles. The van der Waals surface area contributed by atoms with Gasteiger partial charge in [0.1, 0.15) is 0 Å². The number of carboxylic acids is 1. The minimum Gasteiger partial charge on any atom is -0.481 e. The number of aliphatic hydroxyl groups excluding tert-OH is 1. The Bertz CT molecular complexity index is 162. The van der Waals surface area contributed by atoms with Crippen LogP contribution in [-0.2, 0) is 4.79 Å². The highest BCUT2D eigenvalue weighted by molar-refractivity contribution is 14.1. The summed E-state index contributed by atoms with van der Waals surface area (Å²) in [6.07, 6.45) is -0.761. The third-order valence-corrected chi connectivity index (χ3v) is 2.64. The summed E-state index contributed by atoms with van der Waals surface area (Å²) in [5.74, 6) is -1.61. The predicted octanol–water partition coefficient (Wildman–Crippen LogP) is 1.53. The topological polar surface area (TPSA) is 57.5 Å². The van der Waals surface area contributed by atoms with Gasteiger partial charge in [0.05, 0.1) is 12.0 Å². The second-order valence-corrected chi connectivity index (χ2v) is 4.78. The lowest BCUT2D eigenvalue weighted by atomic mass is 9.78. The van der Waals surface area contributed by atoms with Crippen LogP contribution in [0.2, 0.25) is 0 Å². The molecule has 0 heterocycles.